The number of amides is 1. The molecule has 148 valence electrons. The SMILES string of the molecule is CC1(C)Cc2[nH]nc(-c3ccc4c(c3)CN(CCSN3CCCC3)C4=O)c2C1. The van der Waals surface area contributed by atoms with Gasteiger partial charge in [-0.1, -0.05) is 31.9 Å². The highest BCUT2D eigenvalue weighted by Crippen LogP contribution is 2.40. The molecule has 1 amide bonds. The molecular weight excluding hydrogens is 368 g/mol. The average molecular weight is 397 g/mol. The zero-order valence-electron chi connectivity index (χ0n) is 16.8. The van der Waals surface area contributed by atoms with Crippen LogP contribution in [-0.2, 0) is 19.4 Å². The lowest BCUT2D eigenvalue weighted by Gasteiger charge is -2.18. The van der Waals surface area contributed by atoms with Gasteiger partial charge in [-0.2, -0.15) is 5.10 Å². The molecule has 0 radical (unpaired) electrons. The molecule has 0 bridgehead atoms. The van der Waals surface area contributed by atoms with Crippen LogP contribution in [0.25, 0.3) is 11.3 Å². The fourth-order valence-electron chi connectivity index (χ4n) is 4.80. The van der Waals surface area contributed by atoms with Crippen LogP contribution in [0.5, 0.6) is 0 Å². The van der Waals surface area contributed by atoms with Crippen LogP contribution in [0.1, 0.15) is 53.9 Å². The van der Waals surface area contributed by atoms with Crippen LogP contribution in [0.3, 0.4) is 0 Å². The van der Waals surface area contributed by atoms with E-state index in [0.29, 0.717) is 5.41 Å². The summed E-state index contributed by atoms with van der Waals surface area (Å²) in [7, 11) is 0. The predicted octanol–water partition coefficient (Wildman–Crippen LogP) is 3.90. The molecule has 1 N–H and O–H groups in total. The maximum Gasteiger partial charge on any atom is 0.254 e. The Labute approximate surface area is 171 Å². The van der Waals surface area contributed by atoms with E-state index < -0.39 is 0 Å². The van der Waals surface area contributed by atoms with Gasteiger partial charge in [-0.25, -0.2) is 0 Å². The van der Waals surface area contributed by atoms with E-state index in [9.17, 15) is 4.79 Å². The van der Waals surface area contributed by atoms with Crippen molar-refractivity contribution >= 4 is 17.9 Å². The van der Waals surface area contributed by atoms with Crippen molar-refractivity contribution in [3.8, 4) is 11.3 Å². The third-order valence-electron chi connectivity index (χ3n) is 6.22. The lowest BCUT2D eigenvalue weighted by Crippen LogP contribution is -2.27. The molecule has 1 fully saturated rings. The number of carbonyl (C=O) groups excluding carboxylic acids is 1. The number of nitrogens with one attached hydrogen (secondary N) is 1. The predicted molar refractivity (Wildman–Crippen MR) is 113 cm³/mol. The highest BCUT2D eigenvalue weighted by molar-refractivity contribution is 7.97. The molecule has 0 spiro atoms. The topological polar surface area (TPSA) is 52.2 Å². The van der Waals surface area contributed by atoms with Crippen molar-refractivity contribution in [2.45, 2.75) is 46.1 Å². The first-order valence-electron chi connectivity index (χ1n) is 10.4. The highest BCUT2D eigenvalue weighted by atomic mass is 32.2. The first-order chi connectivity index (χ1) is 13.5. The molecule has 1 aliphatic carbocycles. The van der Waals surface area contributed by atoms with Gasteiger partial charge in [0.15, 0.2) is 0 Å². The number of rotatable bonds is 5. The largest absolute Gasteiger partial charge is 0.333 e. The molecule has 0 atom stereocenters. The Balaban J connectivity index is 1.30. The average Bonchev–Trinajstić information content (AvgIpc) is 3.40. The molecule has 2 aromatic rings. The van der Waals surface area contributed by atoms with E-state index in [1.54, 1.807) is 0 Å². The minimum absolute atomic E-state index is 0.178. The van der Waals surface area contributed by atoms with E-state index in [2.05, 4.69) is 40.5 Å². The summed E-state index contributed by atoms with van der Waals surface area (Å²) < 4.78 is 2.44. The third-order valence-corrected chi connectivity index (χ3v) is 7.32. The quantitative estimate of drug-likeness (QED) is 0.779. The molecule has 0 saturated carbocycles. The van der Waals surface area contributed by atoms with E-state index in [1.807, 2.05) is 22.9 Å². The summed E-state index contributed by atoms with van der Waals surface area (Å²) in [5, 5.41) is 7.84. The molecule has 0 unspecified atom stereocenters. The molecule has 28 heavy (non-hydrogen) atoms. The van der Waals surface area contributed by atoms with Crippen LogP contribution in [0.15, 0.2) is 18.2 Å². The minimum atomic E-state index is 0.178. The van der Waals surface area contributed by atoms with Gasteiger partial charge in [0.1, 0.15) is 0 Å². The van der Waals surface area contributed by atoms with Crippen LogP contribution < -0.4 is 0 Å². The number of hydrogen-bond donors (Lipinski definition) is 1. The van der Waals surface area contributed by atoms with Crippen molar-refractivity contribution in [1.29, 1.82) is 0 Å². The van der Waals surface area contributed by atoms with Gasteiger partial charge in [-0.15, -0.1) is 0 Å². The number of nitrogens with zero attached hydrogens (tertiary/aromatic N) is 3. The molecular formula is C22H28N4OS. The number of H-pyrrole nitrogens is 1. The zero-order valence-corrected chi connectivity index (χ0v) is 17.6. The fraction of sp³-hybridized carbons (Fsp3) is 0.545. The van der Waals surface area contributed by atoms with Crippen molar-refractivity contribution in [2.24, 2.45) is 5.41 Å². The second kappa shape index (κ2) is 6.92. The molecule has 2 aliphatic heterocycles. The number of aromatic nitrogens is 2. The van der Waals surface area contributed by atoms with Gasteiger partial charge in [0, 0.05) is 54.3 Å². The third kappa shape index (κ3) is 3.26. The number of aromatic amines is 1. The summed E-state index contributed by atoms with van der Waals surface area (Å²) in [4.78, 5) is 14.8. The summed E-state index contributed by atoms with van der Waals surface area (Å²) in [6, 6.07) is 6.26. The van der Waals surface area contributed by atoms with Crippen LogP contribution in [0, 0.1) is 5.41 Å². The van der Waals surface area contributed by atoms with Crippen LogP contribution in [-0.4, -0.2) is 50.7 Å². The Morgan fingerprint density at radius 1 is 1.21 bits per heavy atom. The normalized spacial score (nSPS) is 20.8. The van der Waals surface area contributed by atoms with Gasteiger partial charge in [0.25, 0.3) is 5.91 Å². The van der Waals surface area contributed by atoms with Crippen molar-refractivity contribution in [1.82, 2.24) is 19.4 Å². The van der Waals surface area contributed by atoms with E-state index in [0.717, 1.165) is 54.1 Å². The Hall–Kier alpha value is -1.79. The summed E-state index contributed by atoms with van der Waals surface area (Å²) in [6.07, 6.45) is 4.72. The van der Waals surface area contributed by atoms with Gasteiger partial charge >= 0.3 is 0 Å². The summed E-state index contributed by atoms with van der Waals surface area (Å²) in [5.41, 5.74) is 7.14. The molecule has 5 nitrogen and oxygen atoms in total. The first kappa shape index (κ1) is 18.3. The molecule has 1 aromatic heterocycles. The number of carbonyl (C=O) groups is 1. The molecule has 6 heteroatoms. The van der Waals surface area contributed by atoms with E-state index in [4.69, 9.17) is 0 Å². The highest BCUT2D eigenvalue weighted by Gasteiger charge is 2.33. The van der Waals surface area contributed by atoms with Gasteiger partial charge in [0.2, 0.25) is 0 Å². The van der Waals surface area contributed by atoms with Crippen LogP contribution in [0.4, 0.5) is 0 Å². The molecule has 3 heterocycles. The minimum Gasteiger partial charge on any atom is -0.333 e. The standard InChI is InChI=1S/C22H28N4OS/c1-22(2)12-18-19(13-22)23-24-20(18)15-5-6-17-16(11-15)14-25(21(17)27)9-10-28-26-7-3-4-8-26/h5-6,11H,3-4,7-10,12-14H2,1-2H3,(H,23,24). The van der Waals surface area contributed by atoms with Crippen LogP contribution >= 0.6 is 11.9 Å². The van der Waals surface area contributed by atoms with Crippen molar-refractivity contribution in [3.63, 3.8) is 0 Å². The Morgan fingerprint density at radius 2 is 2.04 bits per heavy atom. The van der Waals surface area contributed by atoms with Gasteiger partial charge in [-0.3, -0.25) is 14.2 Å². The van der Waals surface area contributed by atoms with Crippen molar-refractivity contribution < 1.29 is 4.79 Å². The van der Waals surface area contributed by atoms with Crippen molar-refractivity contribution in [2.75, 3.05) is 25.4 Å². The maximum atomic E-state index is 12.8. The summed E-state index contributed by atoms with van der Waals surface area (Å²) in [5.74, 6) is 1.16. The Bertz CT molecular complexity index is 913. The van der Waals surface area contributed by atoms with Crippen molar-refractivity contribution in [3.05, 3.63) is 40.6 Å². The number of hydrogen-bond acceptors (Lipinski definition) is 4. The smallest absolute Gasteiger partial charge is 0.254 e. The first-order valence-corrected chi connectivity index (χ1v) is 11.3. The van der Waals surface area contributed by atoms with Gasteiger partial charge in [-0.05, 0) is 48.8 Å². The lowest BCUT2D eigenvalue weighted by atomic mass is 9.90. The van der Waals surface area contributed by atoms with Gasteiger partial charge in [0.05, 0.1) is 5.69 Å². The van der Waals surface area contributed by atoms with E-state index >= 15 is 0 Å². The Morgan fingerprint density at radius 3 is 2.86 bits per heavy atom. The Kier molecular flexibility index (Phi) is 4.51. The van der Waals surface area contributed by atoms with Crippen LogP contribution in [0.2, 0.25) is 0 Å². The maximum absolute atomic E-state index is 12.8. The summed E-state index contributed by atoms with van der Waals surface area (Å²) in [6.45, 7) is 8.53. The molecule has 3 aliphatic rings. The van der Waals surface area contributed by atoms with Gasteiger partial charge < -0.3 is 4.90 Å². The van der Waals surface area contributed by atoms with E-state index in [-0.39, 0.29) is 5.91 Å². The molecule has 1 saturated heterocycles. The second-order valence-electron chi connectivity index (χ2n) is 9.12. The molecule has 1 aromatic carbocycles. The number of benzene rings is 1. The second-order valence-corrected chi connectivity index (χ2v) is 10.3. The zero-order chi connectivity index (χ0) is 19.3. The monoisotopic (exact) mass is 396 g/mol. The number of fused-ring (bicyclic) bond motifs is 2. The molecule has 5 rings (SSSR count). The fourth-order valence-corrected chi connectivity index (χ4v) is 5.88. The lowest BCUT2D eigenvalue weighted by molar-refractivity contribution is 0.0788. The summed E-state index contributed by atoms with van der Waals surface area (Å²) >= 11 is 1.89. The van der Waals surface area contributed by atoms with E-state index in [1.165, 1.54) is 37.2 Å².